The van der Waals surface area contributed by atoms with Crippen molar-refractivity contribution in [2.24, 2.45) is 0 Å². The first-order valence-corrected chi connectivity index (χ1v) is 12.0. The summed E-state index contributed by atoms with van der Waals surface area (Å²) < 4.78 is 33.6. The lowest BCUT2D eigenvalue weighted by Gasteiger charge is -2.35. The van der Waals surface area contributed by atoms with Gasteiger partial charge in [0, 0.05) is 29.9 Å². The molecule has 0 saturated heterocycles. The number of ether oxygens (including phenoxy) is 1. The van der Waals surface area contributed by atoms with Crippen LogP contribution in [0, 0.1) is 10.1 Å². The highest BCUT2D eigenvalue weighted by molar-refractivity contribution is 9.09. The predicted molar refractivity (Wildman–Crippen MR) is 108 cm³/mol. The summed E-state index contributed by atoms with van der Waals surface area (Å²) in [6, 6.07) is 4.75. The van der Waals surface area contributed by atoms with E-state index in [-0.39, 0.29) is 28.6 Å². The highest BCUT2D eigenvalue weighted by Gasteiger charge is 2.33. The van der Waals surface area contributed by atoms with Gasteiger partial charge in [-0.05, 0) is 25.0 Å². The minimum Gasteiger partial charge on any atom is -0.368 e. The second-order valence-electron chi connectivity index (χ2n) is 6.73. The summed E-state index contributed by atoms with van der Waals surface area (Å²) in [6.07, 6.45) is 5.88. The third-order valence-corrected chi connectivity index (χ3v) is 7.51. The van der Waals surface area contributed by atoms with E-state index in [2.05, 4.69) is 20.7 Å². The van der Waals surface area contributed by atoms with Crippen LogP contribution in [-0.2, 0) is 14.8 Å². The molecular weight excluding hydrogens is 460 g/mol. The predicted octanol–water partition coefficient (Wildman–Crippen LogP) is 3.99. The summed E-state index contributed by atoms with van der Waals surface area (Å²) in [5.74, 6) is 0.164. The molecule has 2 rings (SSSR count). The van der Waals surface area contributed by atoms with Gasteiger partial charge in [0.2, 0.25) is 10.0 Å². The summed E-state index contributed by atoms with van der Waals surface area (Å²) in [5.41, 5.74) is -0.488. The molecule has 0 radical (unpaired) electrons. The molecule has 0 unspecified atom stereocenters. The lowest BCUT2D eigenvalue weighted by atomic mass is 9.96. The summed E-state index contributed by atoms with van der Waals surface area (Å²) in [4.78, 5) is 10.1. The maximum Gasteiger partial charge on any atom is 0.269 e. The first-order chi connectivity index (χ1) is 12.8. The second kappa shape index (κ2) is 10.2. The Balaban J connectivity index is 2.01. The van der Waals surface area contributed by atoms with Crippen molar-refractivity contribution in [2.45, 2.75) is 55.1 Å². The van der Waals surface area contributed by atoms with Crippen LogP contribution < -0.4 is 4.72 Å². The Bertz CT molecular complexity index is 721. The van der Waals surface area contributed by atoms with Gasteiger partial charge >= 0.3 is 0 Å². The van der Waals surface area contributed by atoms with Crippen LogP contribution >= 0.6 is 27.5 Å². The molecule has 1 atom stereocenters. The fourth-order valence-corrected chi connectivity index (χ4v) is 5.10. The molecular formula is C17H24BrClN2O5S. The van der Waals surface area contributed by atoms with Crippen LogP contribution in [0.1, 0.15) is 38.5 Å². The Morgan fingerprint density at radius 2 is 1.81 bits per heavy atom. The van der Waals surface area contributed by atoms with Gasteiger partial charge in [-0.25, -0.2) is 13.1 Å². The van der Waals surface area contributed by atoms with Crippen LogP contribution in [0.5, 0.6) is 0 Å². The van der Waals surface area contributed by atoms with Crippen molar-refractivity contribution in [1.29, 1.82) is 0 Å². The number of non-ortho nitro benzene ring substituents is 1. The van der Waals surface area contributed by atoms with Gasteiger partial charge in [-0.1, -0.05) is 41.6 Å². The summed E-state index contributed by atoms with van der Waals surface area (Å²) >= 11 is 9.57. The quantitative estimate of drug-likeness (QED) is 0.248. The van der Waals surface area contributed by atoms with Crippen molar-refractivity contribution in [2.75, 3.05) is 17.8 Å². The third kappa shape index (κ3) is 6.39. The Morgan fingerprint density at radius 1 is 1.22 bits per heavy atom. The SMILES string of the molecule is O=[N+]([O-])c1ccc(S(=O)(=O)NC[C@@H](CCl)OC2(CBr)CCCCCC2)cc1. The molecule has 1 saturated carbocycles. The highest BCUT2D eigenvalue weighted by Crippen LogP contribution is 2.33. The summed E-state index contributed by atoms with van der Waals surface area (Å²) in [6.45, 7) is 0.0393. The van der Waals surface area contributed by atoms with Crippen molar-refractivity contribution < 1.29 is 18.1 Å². The molecule has 0 heterocycles. The second-order valence-corrected chi connectivity index (χ2v) is 9.36. The van der Waals surface area contributed by atoms with Crippen LogP contribution in [0.3, 0.4) is 0 Å². The number of benzene rings is 1. The average Bonchev–Trinajstić information content (AvgIpc) is 2.91. The molecule has 1 aromatic rings. The molecule has 1 aliphatic rings. The lowest BCUT2D eigenvalue weighted by molar-refractivity contribution is -0.384. The number of halogens is 2. The zero-order chi connectivity index (χ0) is 19.9. The van der Waals surface area contributed by atoms with Crippen molar-refractivity contribution in [3.8, 4) is 0 Å². The molecule has 27 heavy (non-hydrogen) atoms. The van der Waals surface area contributed by atoms with E-state index in [0.29, 0.717) is 5.33 Å². The van der Waals surface area contributed by atoms with Gasteiger partial charge < -0.3 is 4.74 Å². The van der Waals surface area contributed by atoms with E-state index in [9.17, 15) is 18.5 Å². The van der Waals surface area contributed by atoms with Crippen LogP contribution in [0.4, 0.5) is 5.69 Å². The van der Waals surface area contributed by atoms with E-state index in [1.165, 1.54) is 25.0 Å². The summed E-state index contributed by atoms with van der Waals surface area (Å²) in [5, 5.41) is 11.4. The standard InChI is InChI=1S/C17H24BrClN2O5S/c18-13-17(9-3-1-2-4-10-17)26-15(11-19)12-20-27(24,25)16-7-5-14(6-8-16)21(22)23/h5-8,15,20H,1-4,9-13H2/t15-/m1/s1. The van der Waals surface area contributed by atoms with Gasteiger partial charge in [0.1, 0.15) is 0 Å². The molecule has 0 aromatic heterocycles. The Labute approximate surface area is 173 Å². The Kier molecular flexibility index (Phi) is 8.48. The maximum atomic E-state index is 12.4. The van der Waals surface area contributed by atoms with Crippen molar-refractivity contribution in [3.05, 3.63) is 34.4 Å². The van der Waals surface area contributed by atoms with Crippen molar-refractivity contribution in [1.82, 2.24) is 4.72 Å². The molecule has 0 bridgehead atoms. The van der Waals surface area contributed by atoms with Gasteiger partial charge in [-0.3, -0.25) is 10.1 Å². The number of nitrogens with one attached hydrogen (secondary N) is 1. The first kappa shape index (κ1) is 22.5. The fraction of sp³-hybridized carbons (Fsp3) is 0.647. The topological polar surface area (TPSA) is 98.5 Å². The van der Waals surface area contributed by atoms with Crippen LogP contribution in [0.25, 0.3) is 0 Å². The van der Waals surface area contributed by atoms with E-state index in [0.717, 1.165) is 37.8 Å². The van der Waals surface area contributed by atoms with Crippen LogP contribution in [0.15, 0.2) is 29.2 Å². The molecule has 7 nitrogen and oxygen atoms in total. The van der Waals surface area contributed by atoms with Gasteiger partial charge in [-0.15, -0.1) is 11.6 Å². The van der Waals surface area contributed by atoms with Gasteiger partial charge in [0.25, 0.3) is 5.69 Å². The average molecular weight is 484 g/mol. The zero-order valence-electron chi connectivity index (χ0n) is 14.9. The van der Waals surface area contributed by atoms with Crippen molar-refractivity contribution >= 4 is 43.2 Å². The molecule has 1 aromatic carbocycles. The molecule has 10 heteroatoms. The minimum atomic E-state index is -3.81. The Hall–Kier alpha value is -0.740. The number of alkyl halides is 2. The zero-order valence-corrected chi connectivity index (χ0v) is 18.1. The summed E-state index contributed by atoms with van der Waals surface area (Å²) in [7, 11) is -3.81. The molecule has 1 aliphatic carbocycles. The van der Waals surface area contributed by atoms with Crippen LogP contribution in [0.2, 0.25) is 0 Å². The number of hydrogen-bond donors (Lipinski definition) is 1. The highest BCUT2D eigenvalue weighted by atomic mass is 79.9. The maximum absolute atomic E-state index is 12.4. The number of nitrogens with zero attached hydrogens (tertiary/aromatic N) is 1. The van der Waals surface area contributed by atoms with E-state index >= 15 is 0 Å². The number of sulfonamides is 1. The van der Waals surface area contributed by atoms with E-state index in [1.807, 2.05) is 0 Å². The van der Waals surface area contributed by atoms with Gasteiger partial charge in [0.15, 0.2) is 0 Å². The third-order valence-electron chi connectivity index (χ3n) is 4.71. The molecule has 0 amide bonds. The largest absolute Gasteiger partial charge is 0.368 e. The molecule has 0 spiro atoms. The molecule has 0 aliphatic heterocycles. The van der Waals surface area contributed by atoms with Gasteiger partial charge in [-0.2, -0.15) is 0 Å². The Morgan fingerprint density at radius 3 is 2.30 bits per heavy atom. The minimum absolute atomic E-state index is 0.0360. The number of rotatable bonds is 9. The molecule has 1 fully saturated rings. The monoisotopic (exact) mass is 482 g/mol. The van der Waals surface area contributed by atoms with Crippen molar-refractivity contribution in [3.63, 3.8) is 0 Å². The van der Waals surface area contributed by atoms with E-state index in [1.54, 1.807) is 0 Å². The normalized spacial score (nSPS) is 18.6. The number of hydrogen-bond acceptors (Lipinski definition) is 5. The van der Waals surface area contributed by atoms with E-state index in [4.69, 9.17) is 16.3 Å². The molecule has 152 valence electrons. The van der Waals surface area contributed by atoms with Crippen LogP contribution in [-0.4, -0.2) is 42.8 Å². The van der Waals surface area contributed by atoms with E-state index < -0.39 is 21.1 Å². The molecule has 1 N–H and O–H groups in total. The smallest absolute Gasteiger partial charge is 0.269 e. The first-order valence-electron chi connectivity index (χ1n) is 8.86. The number of nitro benzene ring substituents is 1. The lowest BCUT2D eigenvalue weighted by Crippen LogP contribution is -2.43. The van der Waals surface area contributed by atoms with Gasteiger partial charge in [0.05, 0.1) is 21.5 Å². The fourth-order valence-electron chi connectivity index (χ4n) is 3.17. The number of nitro groups is 1.